The van der Waals surface area contributed by atoms with Crippen LogP contribution in [0.1, 0.15) is 67.1 Å². The van der Waals surface area contributed by atoms with E-state index < -0.39 is 5.60 Å². The topological polar surface area (TPSA) is 55.8 Å². The van der Waals surface area contributed by atoms with Gasteiger partial charge in [0.15, 0.2) is 12.4 Å². The molecule has 0 aliphatic carbocycles. The standard InChI is InChI=1S/C27H32ClNO4/c1-17-6-7-23(20(12-17)26(3,4)5)32-16-25(31)29-10-8-27(9-11-29)15-22(30)19-14-21(28)18(2)13-24(19)33-27/h6-7,12-14H,8-11,15-16H2,1-5H3. The minimum absolute atomic E-state index is 0.000540. The van der Waals surface area contributed by atoms with E-state index in [1.807, 2.05) is 30.0 Å². The van der Waals surface area contributed by atoms with E-state index in [0.717, 1.165) is 16.9 Å². The number of carbonyl (C=O) groups excluding carboxylic acids is 2. The van der Waals surface area contributed by atoms with Crippen molar-refractivity contribution >= 4 is 23.3 Å². The van der Waals surface area contributed by atoms with E-state index in [0.29, 0.717) is 48.7 Å². The average molecular weight is 470 g/mol. The first-order valence-corrected chi connectivity index (χ1v) is 11.9. The van der Waals surface area contributed by atoms with Crippen LogP contribution in [-0.2, 0) is 10.2 Å². The third kappa shape index (κ3) is 4.89. The number of benzene rings is 2. The number of amides is 1. The number of fused-ring (bicyclic) bond motifs is 1. The van der Waals surface area contributed by atoms with Gasteiger partial charge in [0.05, 0.1) is 12.0 Å². The molecule has 2 aromatic rings. The number of aryl methyl sites for hydroxylation is 2. The van der Waals surface area contributed by atoms with Gasteiger partial charge in [-0.1, -0.05) is 50.1 Å². The van der Waals surface area contributed by atoms with Crippen molar-refractivity contribution in [1.82, 2.24) is 4.90 Å². The Bertz CT molecular complexity index is 1090. The van der Waals surface area contributed by atoms with Crippen molar-refractivity contribution in [3.8, 4) is 11.5 Å². The van der Waals surface area contributed by atoms with E-state index in [1.165, 1.54) is 5.56 Å². The lowest BCUT2D eigenvalue weighted by molar-refractivity contribution is -0.137. The predicted octanol–water partition coefficient (Wildman–Crippen LogP) is 5.66. The fourth-order valence-corrected chi connectivity index (χ4v) is 4.81. The highest BCUT2D eigenvalue weighted by Gasteiger charge is 2.44. The van der Waals surface area contributed by atoms with Gasteiger partial charge >= 0.3 is 0 Å². The highest BCUT2D eigenvalue weighted by atomic mass is 35.5. The summed E-state index contributed by atoms with van der Waals surface area (Å²) in [5.74, 6) is 1.36. The van der Waals surface area contributed by atoms with Gasteiger partial charge in [0.25, 0.3) is 5.91 Å². The lowest BCUT2D eigenvalue weighted by Gasteiger charge is -2.44. The summed E-state index contributed by atoms with van der Waals surface area (Å²) in [6, 6.07) is 9.62. The zero-order valence-electron chi connectivity index (χ0n) is 20.1. The Morgan fingerprint density at radius 3 is 2.52 bits per heavy atom. The van der Waals surface area contributed by atoms with E-state index >= 15 is 0 Å². The minimum Gasteiger partial charge on any atom is -0.486 e. The van der Waals surface area contributed by atoms with Crippen LogP contribution in [0.5, 0.6) is 11.5 Å². The van der Waals surface area contributed by atoms with E-state index in [1.54, 1.807) is 6.07 Å². The molecular weight excluding hydrogens is 438 g/mol. The number of rotatable bonds is 3. The predicted molar refractivity (Wildman–Crippen MR) is 130 cm³/mol. The number of nitrogens with zero attached hydrogens (tertiary/aromatic N) is 1. The fraction of sp³-hybridized carbons (Fsp3) is 0.481. The number of likely N-dealkylation sites (tertiary alicyclic amines) is 1. The highest BCUT2D eigenvalue weighted by molar-refractivity contribution is 6.31. The molecule has 4 rings (SSSR count). The number of Topliss-reactive ketones (excluding diaryl/α,β-unsaturated/α-hetero) is 1. The lowest BCUT2D eigenvalue weighted by atomic mass is 9.82. The van der Waals surface area contributed by atoms with E-state index in [9.17, 15) is 9.59 Å². The molecule has 176 valence electrons. The van der Waals surface area contributed by atoms with Crippen LogP contribution in [0.25, 0.3) is 0 Å². The Kier molecular flexibility index (Phi) is 6.21. The van der Waals surface area contributed by atoms with E-state index in [-0.39, 0.29) is 23.7 Å². The van der Waals surface area contributed by atoms with Gasteiger partial charge in [-0.25, -0.2) is 0 Å². The first-order chi connectivity index (χ1) is 15.5. The van der Waals surface area contributed by atoms with Gasteiger partial charge in [-0.2, -0.15) is 0 Å². The van der Waals surface area contributed by atoms with Crippen LogP contribution in [0.4, 0.5) is 0 Å². The summed E-state index contributed by atoms with van der Waals surface area (Å²) in [7, 11) is 0. The third-order valence-corrected chi connectivity index (χ3v) is 7.10. The molecule has 0 bridgehead atoms. The number of ether oxygens (including phenoxy) is 2. The lowest BCUT2D eigenvalue weighted by Crippen LogP contribution is -2.53. The summed E-state index contributed by atoms with van der Waals surface area (Å²) >= 11 is 6.19. The second-order valence-corrected chi connectivity index (χ2v) is 10.8. The molecule has 0 radical (unpaired) electrons. The van der Waals surface area contributed by atoms with Crippen molar-refractivity contribution in [3.05, 3.63) is 57.6 Å². The van der Waals surface area contributed by atoms with Gasteiger partial charge in [-0.3, -0.25) is 9.59 Å². The molecule has 1 saturated heterocycles. The summed E-state index contributed by atoms with van der Waals surface area (Å²) in [6.45, 7) is 11.4. The van der Waals surface area contributed by atoms with Crippen LogP contribution in [0.2, 0.25) is 5.02 Å². The fourth-order valence-electron chi connectivity index (χ4n) is 4.64. The molecule has 2 heterocycles. The maximum Gasteiger partial charge on any atom is 0.260 e. The van der Waals surface area contributed by atoms with Crippen LogP contribution in [0, 0.1) is 13.8 Å². The highest BCUT2D eigenvalue weighted by Crippen LogP contribution is 2.41. The largest absolute Gasteiger partial charge is 0.486 e. The van der Waals surface area contributed by atoms with Gasteiger partial charge < -0.3 is 14.4 Å². The van der Waals surface area contributed by atoms with Crippen LogP contribution in [0.15, 0.2) is 30.3 Å². The molecule has 0 aromatic heterocycles. The molecule has 2 aromatic carbocycles. The van der Waals surface area contributed by atoms with Gasteiger partial charge in [-0.15, -0.1) is 0 Å². The van der Waals surface area contributed by atoms with Crippen LogP contribution in [0.3, 0.4) is 0 Å². The maximum absolute atomic E-state index is 12.9. The molecule has 5 nitrogen and oxygen atoms in total. The first kappa shape index (κ1) is 23.6. The van der Waals surface area contributed by atoms with Crippen LogP contribution in [-0.4, -0.2) is 41.9 Å². The van der Waals surface area contributed by atoms with Crippen molar-refractivity contribution in [3.63, 3.8) is 0 Å². The van der Waals surface area contributed by atoms with Gasteiger partial charge in [-0.05, 0) is 48.6 Å². The SMILES string of the molecule is Cc1ccc(OCC(=O)N2CCC3(CC2)CC(=O)c2cc(Cl)c(C)cc2O3)c(C(C)(C)C)c1. The zero-order valence-corrected chi connectivity index (χ0v) is 20.8. The molecule has 2 aliphatic rings. The number of carbonyl (C=O) groups is 2. The molecule has 1 fully saturated rings. The molecule has 0 N–H and O–H groups in total. The summed E-state index contributed by atoms with van der Waals surface area (Å²) in [4.78, 5) is 27.5. The molecule has 1 spiro atoms. The quantitative estimate of drug-likeness (QED) is 0.582. The second-order valence-electron chi connectivity index (χ2n) is 10.4. The number of ketones is 1. The normalized spacial score (nSPS) is 17.5. The molecule has 0 atom stereocenters. The molecular formula is C27H32ClNO4. The van der Waals surface area contributed by atoms with Gasteiger partial charge in [0.1, 0.15) is 17.1 Å². The number of piperidine rings is 1. The average Bonchev–Trinajstić information content (AvgIpc) is 2.74. The number of hydrogen-bond donors (Lipinski definition) is 0. The van der Waals surface area contributed by atoms with Crippen molar-refractivity contribution in [2.24, 2.45) is 0 Å². The molecule has 1 amide bonds. The van der Waals surface area contributed by atoms with Crippen molar-refractivity contribution in [1.29, 1.82) is 0 Å². The monoisotopic (exact) mass is 469 g/mol. The van der Waals surface area contributed by atoms with Crippen LogP contribution >= 0.6 is 11.6 Å². The minimum atomic E-state index is -0.557. The second kappa shape index (κ2) is 8.68. The molecule has 6 heteroatoms. The summed E-state index contributed by atoms with van der Waals surface area (Å²) in [5.41, 5.74) is 3.06. The Morgan fingerprint density at radius 1 is 1.15 bits per heavy atom. The summed E-state index contributed by atoms with van der Waals surface area (Å²) in [5, 5.41) is 0.574. The van der Waals surface area contributed by atoms with E-state index in [4.69, 9.17) is 21.1 Å². The van der Waals surface area contributed by atoms with Crippen molar-refractivity contribution in [2.75, 3.05) is 19.7 Å². The first-order valence-electron chi connectivity index (χ1n) is 11.5. The number of hydrogen-bond acceptors (Lipinski definition) is 4. The Labute approximate surface area is 201 Å². The third-order valence-electron chi connectivity index (χ3n) is 6.69. The zero-order chi connectivity index (χ0) is 24.0. The summed E-state index contributed by atoms with van der Waals surface area (Å²) < 4.78 is 12.3. The molecule has 2 aliphatic heterocycles. The molecule has 0 saturated carbocycles. The Balaban J connectivity index is 1.39. The summed E-state index contributed by atoms with van der Waals surface area (Å²) in [6.07, 6.45) is 1.54. The smallest absolute Gasteiger partial charge is 0.260 e. The van der Waals surface area contributed by atoms with Gasteiger partial charge in [0, 0.05) is 31.0 Å². The molecule has 33 heavy (non-hydrogen) atoms. The van der Waals surface area contributed by atoms with Crippen molar-refractivity contribution < 1.29 is 19.1 Å². The number of halogens is 1. The van der Waals surface area contributed by atoms with Gasteiger partial charge in [0.2, 0.25) is 0 Å². The van der Waals surface area contributed by atoms with Crippen molar-refractivity contribution in [2.45, 2.75) is 64.9 Å². The molecule has 0 unspecified atom stereocenters. The Hall–Kier alpha value is -2.53. The Morgan fingerprint density at radius 2 is 1.85 bits per heavy atom. The van der Waals surface area contributed by atoms with Crippen LogP contribution < -0.4 is 9.47 Å². The maximum atomic E-state index is 12.9. The van der Waals surface area contributed by atoms with E-state index in [2.05, 4.69) is 33.8 Å².